The van der Waals surface area contributed by atoms with Gasteiger partial charge in [-0.3, -0.25) is 0 Å². The van der Waals surface area contributed by atoms with Gasteiger partial charge in [-0.1, -0.05) is 0 Å². The van der Waals surface area contributed by atoms with Crippen LogP contribution in [0.3, 0.4) is 0 Å². The Labute approximate surface area is 261 Å². The molecule has 0 aliphatic heterocycles. The molecule has 42 heavy (non-hydrogen) atoms. The SMILES string of the molecule is CC1=Cc2c(-c3ccc(C)c(C)c3)cccc2[CH]1[Zr]([Cl])([Cl])([CH]1C(C)=Cc2c(-c3ccc(C)c(C)c3)cccc21)[SiH](C)C. The van der Waals surface area contributed by atoms with E-state index in [0.29, 0.717) is 0 Å². The fraction of sp³-hybridized carbons (Fsp3) is 0.263. The Balaban J connectivity index is 1.54. The van der Waals surface area contributed by atoms with Gasteiger partial charge in [0.2, 0.25) is 0 Å². The van der Waals surface area contributed by atoms with E-state index in [1.165, 1.54) is 77.9 Å². The molecule has 2 aliphatic carbocycles. The number of allylic oxidation sites excluding steroid dienone is 2. The van der Waals surface area contributed by atoms with E-state index in [1.54, 1.807) is 0 Å². The third kappa shape index (κ3) is 4.47. The molecule has 0 saturated carbocycles. The average Bonchev–Trinajstić information content (AvgIpc) is 3.48. The molecule has 4 aromatic rings. The molecule has 0 aromatic heterocycles. The van der Waals surface area contributed by atoms with E-state index in [0.717, 1.165) is 0 Å². The minimum absolute atomic E-state index is 0.104. The summed E-state index contributed by atoms with van der Waals surface area (Å²) in [7, 11) is 16.9. The molecule has 0 fully saturated rings. The van der Waals surface area contributed by atoms with Crippen molar-refractivity contribution in [3.63, 3.8) is 0 Å². The van der Waals surface area contributed by atoms with Crippen LogP contribution in [0, 0.1) is 27.7 Å². The van der Waals surface area contributed by atoms with Crippen LogP contribution in [0.1, 0.15) is 65.6 Å². The molecule has 4 heteroatoms. The van der Waals surface area contributed by atoms with Gasteiger partial charge >= 0.3 is 263 Å². The van der Waals surface area contributed by atoms with Crippen molar-refractivity contribution in [2.75, 3.05) is 0 Å². The number of benzene rings is 4. The second kappa shape index (κ2) is 10.6. The van der Waals surface area contributed by atoms with E-state index in [9.17, 15) is 0 Å². The number of halogens is 2. The summed E-state index contributed by atoms with van der Waals surface area (Å²) in [6.07, 6.45) is 4.81. The first-order valence-electron chi connectivity index (χ1n) is 15.2. The van der Waals surface area contributed by atoms with Gasteiger partial charge in [0.1, 0.15) is 0 Å². The fourth-order valence-corrected chi connectivity index (χ4v) is 40.6. The molecule has 6 rings (SSSR count). The molecule has 0 radical (unpaired) electrons. The normalized spacial score (nSPS) is 18.8. The summed E-state index contributed by atoms with van der Waals surface area (Å²) in [5.41, 5.74) is 18.3. The standard InChI is InChI=1S/2C18H17.C2H7Si.2ClH.Zr/c2*1-12-9-15-5-4-6-17(18(15)10-12)16-8-7-13(2)14(3)11-16;1-3-2;;;/h2*4-11H,1-3H3;3H,1-2H3;2*1H;/q;;;;;+2/p-2. The monoisotopic (exact) mass is 685 g/mol. The number of aryl methyl sites for hydroxylation is 4. The number of hydrogen-bond acceptors (Lipinski definition) is 0. The molecule has 0 heterocycles. The van der Waals surface area contributed by atoms with Gasteiger partial charge in [0.05, 0.1) is 0 Å². The van der Waals surface area contributed by atoms with E-state index in [-0.39, 0.29) is 7.25 Å². The van der Waals surface area contributed by atoms with Crippen LogP contribution in [0.25, 0.3) is 34.4 Å². The van der Waals surface area contributed by atoms with Crippen molar-refractivity contribution in [1.29, 1.82) is 0 Å². The summed E-state index contributed by atoms with van der Waals surface area (Å²) in [4.78, 5) is 0. The van der Waals surface area contributed by atoms with E-state index < -0.39 is 21.5 Å². The van der Waals surface area contributed by atoms with Gasteiger partial charge in [-0.2, -0.15) is 0 Å². The molecule has 0 nitrogen and oxygen atoms in total. The molecule has 0 bridgehead atoms. The summed E-state index contributed by atoms with van der Waals surface area (Å²) in [6, 6.07) is 27.2. The first-order chi connectivity index (χ1) is 19.8. The molecular formula is C38H41Cl2SiZr. The molecule has 2 aliphatic rings. The quantitative estimate of drug-likeness (QED) is 0.183. The van der Waals surface area contributed by atoms with Crippen LogP contribution in [0.2, 0.25) is 13.1 Å². The van der Waals surface area contributed by atoms with E-state index in [1.807, 2.05) is 0 Å². The molecule has 0 spiro atoms. The number of fused-ring (bicyclic) bond motifs is 2. The van der Waals surface area contributed by atoms with Crippen molar-refractivity contribution in [3.8, 4) is 22.3 Å². The third-order valence-corrected chi connectivity index (χ3v) is 62.7. The Morgan fingerprint density at radius 2 is 0.952 bits per heavy atom. The zero-order chi connectivity index (χ0) is 30.2. The predicted octanol–water partition coefficient (Wildman–Crippen LogP) is 11.9. The Morgan fingerprint density at radius 1 is 0.548 bits per heavy atom. The van der Waals surface area contributed by atoms with Crippen LogP contribution < -0.4 is 0 Å². The zero-order valence-electron chi connectivity index (χ0n) is 26.1. The van der Waals surface area contributed by atoms with Crippen LogP contribution in [0.15, 0.2) is 83.9 Å². The van der Waals surface area contributed by atoms with Gasteiger partial charge in [0, 0.05) is 0 Å². The summed E-state index contributed by atoms with van der Waals surface area (Å²) >= 11 is -4.69. The zero-order valence-corrected chi connectivity index (χ0v) is 31.2. The van der Waals surface area contributed by atoms with Crippen LogP contribution in [-0.4, -0.2) is 5.92 Å². The summed E-state index contributed by atoms with van der Waals surface area (Å²) in [6.45, 7) is 18.1. The van der Waals surface area contributed by atoms with Crippen molar-refractivity contribution >= 4 is 35.1 Å². The second-order valence-corrected chi connectivity index (χ2v) is 55.7. The van der Waals surface area contributed by atoms with Gasteiger partial charge < -0.3 is 0 Å². The van der Waals surface area contributed by atoms with Gasteiger partial charge in [-0.05, 0) is 0 Å². The number of rotatable bonds is 5. The second-order valence-electron chi connectivity index (χ2n) is 13.2. The maximum atomic E-state index is 8.43. The van der Waals surface area contributed by atoms with Gasteiger partial charge in [-0.15, -0.1) is 0 Å². The first-order valence-corrected chi connectivity index (χ1v) is 31.5. The Morgan fingerprint density at radius 3 is 1.31 bits per heavy atom. The molecular weight excluding hydrogens is 647 g/mol. The average molecular weight is 688 g/mol. The molecule has 2 atom stereocenters. The van der Waals surface area contributed by atoms with Crippen molar-refractivity contribution in [2.45, 2.75) is 61.9 Å². The molecule has 4 aromatic carbocycles. The van der Waals surface area contributed by atoms with E-state index in [4.69, 9.17) is 17.0 Å². The fourth-order valence-electron chi connectivity index (χ4n) is 7.72. The van der Waals surface area contributed by atoms with E-state index in [2.05, 4.69) is 140 Å². The van der Waals surface area contributed by atoms with Gasteiger partial charge in [0.25, 0.3) is 0 Å². The summed E-state index contributed by atoms with van der Waals surface area (Å²) < 4.78 is 0.208. The molecule has 215 valence electrons. The van der Waals surface area contributed by atoms with Crippen molar-refractivity contribution in [2.24, 2.45) is 0 Å². The van der Waals surface area contributed by atoms with Crippen molar-refractivity contribution < 1.29 is 15.6 Å². The Bertz CT molecular complexity index is 1700. The third-order valence-electron chi connectivity index (χ3n) is 10.4. The minimum atomic E-state index is -4.69. The van der Waals surface area contributed by atoms with Gasteiger partial charge in [-0.25, -0.2) is 0 Å². The van der Waals surface area contributed by atoms with E-state index >= 15 is 0 Å². The van der Waals surface area contributed by atoms with Crippen LogP contribution >= 0.6 is 17.0 Å². The summed E-state index contributed by atoms with van der Waals surface area (Å²) in [5.74, 6) is -1.57. The molecule has 0 amide bonds. The first kappa shape index (κ1) is 30.1. The van der Waals surface area contributed by atoms with Crippen molar-refractivity contribution in [3.05, 3.63) is 128 Å². The van der Waals surface area contributed by atoms with Crippen molar-refractivity contribution in [1.82, 2.24) is 0 Å². The molecule has 0 N–H and O–H groups in total. The number of hydrogen-bond donors (Lipinski definition) is 0. The Kier molecular flexibility index (Phi) is 7.58. The predicted molar refractivity (Wildman–Crippen MR) is 186 cm³/mol. The molecule has 0 saturated heterocycles. The Hall–Kier alpha value is -1.96. The molecule has 2 unspecified atom stereocenters. The van der Waals surface area contributed by atoms with Crippen LogP contribution in [-0.2, 0) is 15.6 Å². The van der Waals surface area contributed by atoms with Gasteiger partial charge in [0.15, 0.2) is 0 Å². The topological polar surface area (TPSA) is 0 Å². The van der Waals surface area contributed by atoms with Crippen LogP contribution in [0.5, 0.6) is 0 Å². The van der Waals surface area contributed by atoms with Crippen LogP contribution in [0.4, 0.5) is 0 Å². The maximum absolute atomic E-state index is 8.43. The summed E-state index contributed by atoms with van der Waals surface area (Å²) in [5, 5.41) is 0.